The Morgan fingerprint density at radius 2 is 1.03 bits per heavy atom. The summed E-state index contributed by atoms with van der Waals surface area (Å²) in [7, 11) is -4.06. The molecule has 5 heteroatoms. The van der Waals surface area contributed by atoms with Gasteiger partial charge in [0.2, 0.25) is 0 Å². The summed E-state index contributed by atoms with van der Waals surface area (Å²) in [6.45, 7) is 8.35. The van der Waals surface area contributed by atoms with E-state index in [9.17, 15) is 8.42 Å². The topological polar surface area (TPSA) is 52.6 Å². The molecule has 0 amide bonds. The molecule has 0 aromatic heterocycles. The maximum atomic E-state index is 12.6. The van der Waals surface area contributed by atoms with E-state index in [0.717, 1.165) is 37.7 Å². The minimum Gasteiger partial charge on any atom is -0.248 e. The summed E-state index contributed by atoms with van der Waals surface area (Å²) >= 11 is 0. The SMILES string of the molecule is CCCCCCCCCCCCOS(=O)(=O)OC(C)(C)c1ccccc1CCCCCCCCCCCC. The van der Waals surface area contributed by atoms with E-state index in [0.29, 0.717) is 0 Å². The van der Waals surface area contributed by atoms with E-state index in [1.807, 2.05) is 32.0 Å². The van der Waals surface area contributed by atoms with Crippen LogP contribution < -0.4 is 0 Å². The van der Waals surface area contributed by atoms with E-state index in [1.54, 1.807) is 0 Å². The fourth-order valence-electron chi connectivity index (χ4n) is 5.20. The Morgan fingerprint density at radius 3 is 1.53 bits per heavy atom. The fraction of sp³-hybridized carbons (Fsp3) is 0.818. The lowest BCUT2D eigenvalue weighted by molar-refractivity contribution is 0.0838. The number of aryl methyl sites for hydroxylation is 1. The number of hydrogen-bond acceptors (Lipinski definition) is 4. The quantitative estimate of drug-likeness (QED) is 0.107. The highest BCUT2D eigenvalue weighted by Gasteiger charge is 2.31. The van der Waals surface area contributed by atoms with Crippen LogP contribution in [-0.2, 0) is 30.8 Å². The molecule has 0 saturated carbocycles. The Kier molecular flexibility index (Phi) is 20.2. The van der Waals surface area contributed by atoms with Crippen LogP contribution in [0.2, 0.25) is 0 Å². The van der Waals surface area contributed by atoms with Crippen LogP contribution in [0.4, 0.5) is 0 Å². The van der Waals surface area contributed by atoms with Gasteiger partial charge in [0, 0.05) is 0 Å². The second kappa shape index (κ2) is 21.9. The number of rotatable bonds is 26. The summed E-state index contributed by atoms with van der Waals surface area (Å²) in [6.07, 6.45) is 26.0. The molecule has 0 fully saturated rings. The van der Waals surface area contributed by atoms with Gasteiger partial charge in [-0.05, 0) is 44.2 Å². The van der Waals surface area contributed by atoms with E-state index >= 15 is 0 Å². The molecule has 0 aliphatic rings. The monoisotopic (exact) mass is 552 g/mol. The third kappa shape index (κ3) is 17.6. The Morgan fingerprint density at radius 1 is 0.605 bits per heavy atom. The molecule has 1 aromatic rings. The Balaban J connectivity index is 2.32. The predicted octanol–water partition coefficient (Wildman–Crippen LogP) is 10.6. The smallest absolute Gasteiger partial charge is 0.248 e. The molecule has 0 aliphatic carbocycles. The van der Waals surface area contributed by atoms with Gasteiger partial charge in [0.25, 0.3) is 0 Å². The first-order valence-corrected chi connectivity index (χ1v) is 17.3. The molecule has 0 N–H and O–H groups in total. The van der Waals surface area contributed by atoms with Crippen molar-refractivity contribution in [3.05, 3.63) is 35.4 Å². The third-order valence-corrected chi connectivity index (χ3v) is 8.58. The molecule has 0 aliphatic heterocycles. The van der Waals surface area contributed by atoms with Crippen molar-refractivity contribution in [2.75, 3.05) is 6.61 Å². The molecule has 0 heterocycles. The highest BCUT2D eigenvalue weighted by molar-refractivity contribution is 7.81. The van der Waals surface area contributed by atoms with Crippen LogP contribution in [0.1, 0.15) is 167 Å². The minimum atomic E-state index is -4.06. The maximum absolute atomic E-state index is 12.6. The molecule has 1 aromatic carbocycles. The molecule has 4 nitrogen and oxygen atoms in total. The van der Waals surface area contributed by atoms with E-state index in [2.05, 4.69) is 19.9 Å². The van der Waals surface area contributed by atoms with Crippen molar-refractivity contribution in [1.29, 1.82) is 0 Å². The Labute approximate surface area is 237 Å². The van der Waals surface area contributed by atoms with Gasteiger partial charge < -0.3 is 0 Å². The van der Waals surface area contributed by atoms with Gasteiger partial charge in [-0.1, -0.05) is 154 Å². The summed E-state index contributed by atoms with van der Waals surface area (Å²) in [4.78, 5) is 0. The zero-order valence-electron chi connectivity index (χ0n) is 25.4. The second-order valence-electron chi connectivity index (χ2n) is 11.6. The van der Waals surface area contributed by atoms with Crippen molar-refractivity contribution < 1.29 is 16.8 Å². The molecular weight excluding hydrogens is 492 g/mol. The molecule has 0 radical (unpaired) electrons. The van der Waals surface area contributed by atoms with Gasteiger partial charge in [0.15, 0.2) is 0 Å². The fourth-order valence-corrected chi connectivity index (χ4v) is 6.17. The molecule has 222 valence electrons. The first-order chi connectivity index (χ1) is 18.3. The summed E-state index contributed by atoms with van der Waals surface area (Å²) in [5.74, 6) is 0. The van der Waals surface area contributed by atoms with E-state index in [4.69, 9.17) is 8.37 Å². The van der Waals surface area contributed by atoms with Crippen LogP contribution in [0, 0.1) is 0 Å². The van der Waals surface area contributed by atoms with E-state index in [-0.39, 0.29) is 6.61 Å². The standard InChI is InChI=1S/C33H60O4S/c1-5-7-9-11-13-15-17-19-21-23-27-31-28-24-25-29-32(31)33(3,4)37-38(34,35)36-30-26-22-20-18-16-14-12-10-8-6-2/h24-25,28-29H,5-23,26-27,30H2,1-4H3. The number of unbranched alkanes of at least 4 members (excludes halogenated alkanes) is 18. The summed E-state index contributed by atoms with van der Waals surface area (Å²) in [5.41, 5.74) is 1.13. The predicted molar refractivity (Wildman–Crippen MR) is 163 cm³/mol. The first kappa shape index (κ1) is 35.1. The molecule has 0 unspecified atom stereocenters. The van der Waals surface area contributed by atoms with Crippen LogP contribution in [0.15, 0.2) is 24.3 Å². The zero-order chi connectivity index (χ0) is 28.0. The van der Waals surface area contributed by atoms with Gasteiger partial charge in [-0.2, -0.15) is 8.42 Å². The van der Waals surface area contributed by atoms with Gasteiger partial charge >= 0.3 is 10.4 Å². The van der Waals surface area contributed by atoms with Crippen molar-refractivity contribution in [3.8, 4) is 0 Å². The largest absolute Gasteiger partial charge is 0.400 e. The van der Waals surface area contributed by atoms with Crippen molar-refractivity contribution in [2.24, 2.45) is 0 Å². The average Bonchev–Trinajstić information content (AvgIpc) is 2.88. The molecule has 0 atom stereocenters. The van der Waals surface area contributed by atoms with Gasteiger partial charge in [0.05, 0.1) is 6.61 Å². The van der Waals surface area contributed by atoms with Gasteiger partial charge in [-0.25, -0.2) is 8.37 Å². The average molecular weight is 553 g/mol. The van der Waals surface area contributed by atoms with Crippen LogP contribution in [0.5, 0.6) is 0 Å². The second-order valence-corrected chi connectivity index (χ2v) is 12.8. The molecular formula is C33H60O4S. The number of benzene rings is 1. The molecule has 1 rings (SSSR count). The van der Waals surface area contributed by atoms with Crippen LogP contribution >= 0.6 is 0 Å². The van der Waals surface area contributed by atoms with Crippen LogP contribution in [0.25, 0.3) is 0 Å². The van der Waals surface area contributed by atoms with Gasteiger partial charge in [-0.15, -0.1) is 0 Å². The zero-order valence-corrected chi connectivity index (χ0v) is 26.2. The van der Waals surface area contributed by atoms with Gasteiger partial charge in [0.1, 0.15) is 5.60 Å². The van der Waals surface area contributed by atoms with Crippen molar-refractivity contribution in [3.63, 3.8) is 0 Å². The lowest BCUT2D eigenvalue weighted by Gasteiger charge is -2.27. The van der Waals surface area contributed by atoms with Crippen LogP contribution in [-0.4, -0.2) is 15.0 Å². The van der Waals surface area contributed by atoms with E-state index < -0.39 is 16.0 Å². The van der Waals surface area contributed by atoms with Crippen molar-refractivity contribution in [1.82, 2.24) is 0 Å². The van der Waals surface area contributed by atoms with Crippen LogP contribution in [0.3, 0.4) is 0 Å². The maximum Gasteiger partial charge on any atom is 0.400 e. The Bertz CT molecular complexity index is 788. The summed E-state index contributed by atoms with van der Waals surface area (Å²) in [6, 6.07) is 8.08. The molecule has 0 bridgehead atoms. The summed E-state index contributed by atoms with van der Waals surface area (Å²) in [5, 5.41) is 0. The number of hydrogen-bond donors (Lipinski definition) is 0. The molecule has 38 heavy (non-hydrogen) atoms. The lowest BCUT2D eigenvalue weighted by Crippen LogP contribution is -2.28. The highest BCUT2D eigenvalue weighted by Crippen LogP contribution is 2.31. The minimum absolute atomic E-state index is 0.190. The van der Waals surface area contributed by atoms with Gasteiger partial charge in [-0.3, -0.25) is 0 Å². The van der Waals surface area contributed by atoms with Crippen molar-refractivity contribution >= 4 is 10.4 Å². The third-order valence-electron chi connectivity index (χ3n) is 7.50. The van der Waals surface area contributed by atoms with Crippen molar-refractivity contribution in [2.45, 2.75) is 168 Å². The first-order valence-electron chi connectivity index (χ1n) is 16.0. The summed E-state index contributed by atoms with van der Waals surface area (Å²) < 4.78 is 36.0. The lowest BCUT2D eigenvalue weighted by atomic mass is 9.90. The molecule has 0 spiro atoms. The normalized spacial score (nSPS) is 12.3. The Hall–Kier alpha value is -0.910. The molecule has 0 saturated heterocycles. The highest BCUT2D eigenvalue weighted by atomic mass is 32.3. The van der Waals surface area contributed by atoms with E-state index in [1.165, 1.54) is 108 Å².